The van der Waals surface area contributed by atoms with Crippen LogP contribution in [0, 0.1) is 11.3 Å². The maximum atomic E-state index is 14.1. The topological polar surface area (TPSA) is 136 Å². The van der Waals surface area contributed by atoms with E-state index in [1.165, 1.54) is 32.3 Å². The first-order valence-electron chi connectivity index (χ1n) is 11.7. The van der Waals surface area contributed by atoms with E-state index in [1.807, 2.05) is 6.07 Å². The van der Waals surface area contributed by atoms with Crippen molar-refractivity contribution in [1.29, 1.82) is 5.26 Å². The molecule has 0 spiro atoms. The van der Waals surface area contributed by atoms with Crippen molar-refractivity contribution in [1.82, 2.24) is 20.3 Å². The molecule has 0 aliphatic heterocycles. The number of hydrogen-bond acceptors (Lipinski definition) is 8. The summed E-state index contributed by atoms with van der Waals surface area (Å²) in [6.45, 7) is 2.14. The fourth-order valence-corrected chi connectivity index (χ4v) is 3.91. The van der Waals surface area contributed by atoms with Gasteiger partial charge >= 0.3 is 0 Å². The number of aliphatic hydroxyl groups is 1. The average Bonchev–Trinajstić information content (AvgIpc) is 3.19. The third kappa shape index (κ3) is 6.42. The third-order valence-corrected chi connectivity index (χ3v) is 6.04. The van der Waals surface area contributed by atoms with E-state index in [0.29, 0.717) is 22.4 Å². The molecule has 1 amide bonds. The molecule has 4 rings (SSSR count). The zero-order valence-corrected chi connectivity index (χ0v) is 20.2. The van der Waals surface area contributed by atoms with Gasteiger partial charge in [0.25, 0.3) is 5.91 Å². The first-order chi connectivity index (χ1) is 17.4. The van der Waals surface area contributed by atoms with Gasteiger partial charge < -0.3 is 21.1 Å². The molecule has 0 radical (unpaired) electrons. The molecule has 2 atom stereocenters. The van der Waals surface area contributed by atoms with Crippen LogP contribution in [-0.4, -0.2) is 56.2 Å². The van der Waals surface area contributed by atoms with Crippen LogP contribution in [0.4, 0.5) is 30.5 Å². The summed E-state index contributed by atoms with van der Waals surface area (Å²) in [7, 11) is 0. The highest BCUT2D eigenvalue weighted by Gasteiger charge is 2.39. The molecule has 1 aliphatic rings. The van der Waals surface area contributed by atoms with E-state index in [0.717, 1.165) is 0 Å². The highest BCUT2D eigenvalue weighted by molar-refractivity contribution is 6.00. The van der Waals surface area contributed by atoms with Gasteiger partial charge in [-0.2, -0.15) is 5.26 Å². The minimum Gasteiger partial charge on any atom is -0.387 e. The van der Waals surface area contributed by atoms with Crippen LogP contribution >= 0.6 is 0 Å². The summed E-state index contributed by atoms with van der Waals surface area (Å²) in [5, 5.41) is 27.3. The van der Waals surface area contributed by atoms with Gasteiger partial charge in [-0.3, -0.25) is 9.78 Å². The van der Waals surface area contributed by atoms with Gasteiger partial charge in [-0.1, -0.05) is 0 Å². The van der Waals surface area contributed by atoms with E-state index in [9.17, 15) is 23.1 Å². The van der Waals surface area contributed by atoms with Crippen molar-refractivity contribution >= 4 is 34.3 Å². The standard InChI is InChI=1S/C25H26F3N7O2/c1-24(2,37)20(26)13-32-23(36)16-12-31-22(8-18(16)33-15-5-6-25(27,28)9-15)35-21-4-3-17-19(34-21)7-14(10-29)11-30-17/h3-4,7-8,11-12,15,20,37H,5-6,9,13H2,1-2H3,(H,32,36)(H2,31,33,34,35)/t15?,20-/m1/s1. The molecule has 1 saturated carbocycles. The van der Waals surface area contributed by atoms with Crippen molar-refractivity contribution in [3.8, 4) is 6.07 Å². The number of pyridine rings is 3. The van der Waals surface area contributed by atoms with Gasteiger partial charge in [0.15, 0.2) is 0 Å². The number of fused-ring (bicyclic) bond motifs is 1. The Bertz CT molecular complexity index is 1350. The molecule has 0 bridgehead atoms. The fraction of sp³-hybridized carbons (Fsp3) is 0.400. The molecule has 9 nitrogen and oxygen atoms in total. The lowest BCUT2D eigenvalue weighted by Gasteiger charge is -2.23. The largest absolute Gasteiger partial charge is 0.387 e. The molecule has 1 aliphatic carbocycles. The van der Waals surface area contributed by atoms with Gasteiger partial charge in [-0.15, -0.1) is 0 Å². The summed E-state index contributed by atoms with van der Waals surface area (Å²) in [5.74, 6) is -2.80. The lowest BCUT2D eigenvalue weighted by atomic mass is 10.0. The summed E-state index contributed by atoms with van der Waals surface area (Å²) < 4.78 is 41.7. The molecule has 1 fully saturated rings. The van der Waals surface area contributed by atoms with Gasteiger partial charge in [-0.25, -0.2) is 23.1 Å². The number of amides is 1. The van der Waals surface area contributed by atoms with Crippen molar-refractivity contribution in [2.24, 2.45) is 0 Å². The van der Waals surface area contributed by atoms with E-state index in [4.69, 9.17) is 5.26 Å². The second-order valence-electron chi connectivity index (χ2n) is 9.58. The number of rotatable bonds is 8. The molecule has 3 heterocycles. The molecular weight excluding hydrogens is 487 g/mol. The number of nitriles is 1. The number of alkyl halides is 3. The predicted molar refractivity (Wildman–Crippen MR) is 132 cm³/mol. The number of nitrogens with zero attached hydrogens (tertiary/aromatic N) is 4. The summed E-state index contributed by atoms with van der Waals surface area (Å²) in [6, 6.07) is 7.88. The molecule has 4 N–H and O–H groups in total. The third-order valence-electron chi connectivity index (χ3n) is 6.04. The number of carbonyl (C=O) groups excluding carboxylic acids is 1. The Hall–Kier alpha value is -3.98. The van der Waals surface area contributed by atoms with Crippen LogP contribution in [0.1, 0.15) is 49.0 Å². The van der Waals surface area contributed by atoms with E-state index >= 15 is 0 Å². The van der Waals surface area contributed by atoms with Crippen molar-refractivity contribution in [2.75, 3.05) is 17.2 Å². The quantitative estimate of drug-likeness (QED) is 0.354. The Labute approximate surface area is 211 Å². The van der Waals surface area contributed by atoms with Crippen molar-refractivity contribution in [3.63, 3.8) is 0 Å². The molecule has 194 valence electrons. The smallest absolute Gasteiger partial charge is 0.255 e. The first kappa shape index (κ1) is 26.1. The Morgan fingerprint density at radius 1 is 1.24 bits per heavy atom. The highest BCUT2D eigenvalue weighted by Crippen LogP contribution is 2.37. The van der Waals surface area contributed by atoms with Crippen LogP contribution in [0.15, 0.2) is 36.7 Å². The van der Waals surface area contributed by atoms with Crippen LogP contribution in [0.3, 0.4) is 0 Å². The van der Waals surface area contributed by atoms with Gasteiger partial charge in [-0.05, 0) is 38.5 Å². The van der Waals surface area contributed by atoms with Gasteiger partial charge in [0.2, 0.25) is 5.92 Å². The zero-order valence-electron chi connectivity index (χ0n) is 20.2. The minimum absolute atomic E-state index is 0.0399. The molecule has 0 aromatic carbocycles. The van der Waals surface area contributed by atoms with Gasteiger partial charge in [0.05, 0.1) is 40.0 Å². The number of carbonyl (C=O) groups is 1. The summed E-state index contributed by atoms with van der Waals surface area (Å²) in [6.07, 6.45) is 0.540. The Balaban J connectivity index is 1.59. The lowest BCUT2D eigenvalue weighted by Crippen LogP contribution is -2.42. The monoisotopic (exact) mass is 513 g/mol. The molecule has 37 heavy (non-hydrogen) atoms. The van der Waals surface area contributed by atoms with Crippen LogP contribution in [0.2, 0.25) is 0 Å². The van der Waals surface area contributed by atoms with Gasteiger partial charge in [0.1, 0.15) is 23.9 Å². The van der Waals surface area contributed by atoms with Crippen LogP contribution in [0.5, 0.6) is 0 Å². The molecule has 0 saturated heterocycles. The van der Waals surface area contributed by atoms with Crippen LogP contribution in [0.25, 0.3) is 11.0 Å². The molecule has 1 unspecified atom stereocenters. The van der Waals surface area contributed by atoms with E-state index in [1.54, 1.807) is 18.2 Å². The maximum absolute atomic E-state index is 14.1. The van der Waals surface area contributed by atoms with E-state index in [-0.39, 0.29) is 36.3 Å². The number of aromatic nitrogens is 3. The second kappa shape index (κ2) is 10.2. The van der Waals surface area contributed by atoms with Crippen LogP contribution in [-0.2, 0) is 0 Å². The molecule has 3 aromatic rings. The highest BCUT2D eigenvalue weighted by atomic mass is 19.3. The number of nitrogens with one attached hydrogen (secondary N) is 3. The van der Waals surface area contributed by atoms with E-state index in [2.05, 4.69) is 30.9 Å². The number of hydrogen-bond donors (Lipinski definition) is 4. The van der Waals surface area contributed by atoms with Gasteiger partial charge in [0, 0.05) is 37.3 Å². The average molecular weight is 514 g/mol. The van der Waals surface area contributed by atoms with Crippen molar-refractivity contribution in [2.45, 2.75) is 56.8 Å². The van der Waals surface area contributed by atoms with Crippen molar-refractivity contribution < 1.29 is 23.1 Å². The molecular formula is C25H26F3N7O2. The number of anilines is 3. The summed E-state index contributed by atoms with van der Waals surface area (Å²) in [4.78, 5) is 25.7. The predicted octanol–water partition coefficient (Wildman–Crippen LogP) is 4.08. The first-order valence-corrected chi connectivity index (χ1v) is 11.7. The second-order valence-corrected chi connectivity index (χ2v) is 9.58. The maximum Gasteiger partial charge on any atom is 0.255 e. The Morgan fingerprint density at radius 2 is 2.03 bits per heavy atom. The molecule has 12 heteroatoms. The van der Waals surface area contributed by atoms with E-state index < -0.39 is 36.2 Å². The fourth-order valence-electron chi connectivity index (χ4n) is 3.91. The normalized spacial score (nSPS) is 17.7. The Kier molecular flexibility index (Phi) is 7.18. The Morgan fingerprint density at radius 3 is 2.70 bits per heavy atom. The zero-order chi connectivity index (χ0) is 26.8. The SMILES string of the molecule is CC(C)(O)[C@H](F)CNC(=O)c1cnc(Nc2ccc3ncc(C#N)cc3n2)cc1NC1CCC(F)(F)C1. The molecule has 3 aromatic heterocycles. The minimum atomic E-state index is -2.80. The summed E-state index contributed by atoms with van der Waals surface area (Å²) in [5.41, 5.74) is 0.0614. The van der Waals surface area contributed by atoms with Crippen molar-refractivity contribution in [3.05, 3.63) is 47.8 Å². The summed E-state index contributed by atoms with van der Waals surface area (Å²) >= 11 is 0. The van der Waals surface area contributed by atoms with Crippen LogP contribution < -0.4 is 16.0 Å². The lowest BCUT2D eigenvalue weighted by molar-refractivity contribution is -0.00179. The number of halogens is 3.